The van der Waals surface area contributed by atoms with Crippen LogP contribution in [0.15, 0.2) is 51.7 Å². The first kappa shape index (κ1) is 26.0. The predicted molar refractivity (Wildman–Crippen MR) is 148 cm³/mol. The van der Waals surface area contributed by atoms with E-state index in [4.69, 9.17) is 27.9 Å². The van der Waals surface area contributed by atoms with Crippen LogP contribution in [0, 0.1) is 0 Å². The van der Waals surface area contributed by atoms with Crippen molar-refractivity contribution < 1.29 is 14.3 Å². The fourth-order valence-electron chi connectivity index (χ4n) is 4.86. The lowest BCUT2D eigenvalue weighted by molar-refractivity contribution is -0.126. The molecule has 37 heavy (non-hydrogen) atoms. The number of rotatable bonds is 5. The van der Waals surface area contributed by atoms with Crippen LogP contribution in [0.25, 0.3) is 10.9 Å². The molecule has 0 aliphatic carbocycles. The molecule has 2 aliphatic heterocycles. The number of fused-ring (bicyclic) bond motifs is 1. The van der Waals surface area contributed by atoms with Gasteiger partial charge in [0.1, 0.15) is 6.04 Å². The number of carbonyl (C=O) groups is 2. The summed E-state index contributed by atoms with van der Waals surface area (Å²) >= 11 is 15.8. The van der Waals surface area contributed by atoms with E-state index in [0.29, 0.717) is 40.6 Å². The lowest BCUT2D eigenvalue weighted by atomic mass is 10.0. The second kappa shape index (κ2) is 11.0. The van der Waals surface area contributed by atoms with Crippen LogP contribution < -0.4 is 15.8 Å². The number of amides is 2. The Morgan fingerprint density at radius 3 is 2.70 bits per heavy atom. The van der Waals surface area contributed by atoms with Crippen molar-refractivity contribution in [3.05, 3.63) is 72.9 Å². The van der Waals surface area contributed by atoms with Crippen LogP contribution in [0.5, 0.6) is 0 Å². The first-order valence-electron chi connectivity index (χ1n) is 12.0. The number of ether oxygens (including phenoxy) is 1. The van der Waals surface area contributed by atoms with Crippen molar-refractivity contribution in [2.45, 2.75) is 25.0 Å². The molecule has 0 saturated carbocycles. The molecule has 5 rings (SSSR count). The third-order valence-corrected chi connectivity index (χ3v) is 8.01. The van der Waals surface area contributed by atoms with Crippen molar-refractivity contribution in [3.63, 3.8) is 0 Å². The molecule has 2 N–H and O–H groups in total. The summed E-state index contributed by atoms with van der Waals surface area (Å²) in [4.78, 5) is 46.1. The number of benzene rings is 2. The second-order valence-electron chi connectivity index (χ2n) is 9.18. The summed E-state index contributed by atoms with van der Waals surface area (Å²) in [6.45, 7) is 2.07. The van der Waals surface area contributed by atoms with Gasteiger partial charge < -0.3 is 24.8 Å². The van der Waals surface area contributed by atoms with E-state index >= 15 is 0 Å². The fourth-order valence-corrected chi connectivity index (χ4v) is 5.52. The molecule has 0 bridgehead atoms. The molecule has 3 heterocycles. The molecule has 2 amide bonds. The van der Waals surface area contributed by atoms with Gasteiger partial charge in [0.25, 0.3) is 5.91 Å². The van der Waals surface area contributed by atoms with Crippen LogP contribution in [-0.2, 0) is 9.53 Å². The van der Waals surface area contributed by atoms with E-state index in [0.717, 1.165) is 23.0 Å². The molecule has 11 heteroatoms. The Morgan fingerprint density at radius 1 is 1.11 bits per heavy atom. The highest BCUT2D eigenvalue weighted by molar-refractivity contribution is 9.10. The summed E-state index contributed by atoms with van der Waals surface area (Å²) < 4.78 is 6.42. The van der Waals surface area contributed by atoms with Crippen molar-refractivity contribution in [2.24, 2.45) is 0 Å². The summed E-state index contributed by atoms with van der Waals surface area (Å²) in [5.74, 6) is -0.649. The maximum absolute atomic E-state index is 13.9. The van der Waals surface area contributed by atoms with Crippen molar-refractivity contribution in [1.29, 1.82) is 0 Å². The molecule has 194 valence electrons. The highest BCUT2D eigenvalue weighted by Crippen LogP contribution is 2.30. The van der Waals surface area contributed by atoms with Crippen LogP contribution in [0.1, 0.15) is 23.2 Å². The van der Waals surface area contributed by atoms with Crippen LogP contribution >= 0.6 is 39.1 Å². The van der Waals surface area contributed by atoms with Gasteiger partial charge in [-0.15, -0.1) is 0 Å². The molecule has 0 radical (unpaired) electrons. The molecule has 2 aromatic carbocycles. The molecular formula is C26H25BrCl2N4O4. The number of aromatic nitrogens is 1. The highest BCUT2D eigenvalue weighted by Gasteiger charge is 2.37. The summed E-state index contributed by atoms with van der Waals surface area (Å²) in [6.07, 6.45) is 1.82. The van der Waals surface area contributed by atoms with Gasteiger partial charge in [-0.25, -0.2) is 0 Å². The number of nitrogens with zero attached hydrogens (tertiary/aromatic N) is 2. The van der Waals surface area contributed by atoms with Crippen molar-refractivity contribution >= 4 is 67.5 Å². The second-order valence-corrected chi connectivity index (χ2v) is 10.9. The van der Waals surface area contributed by atoms with Gasteiger partial charge in [-0.1, -0.05) is 39.1 Å². The SMILES string of the molecule is O=C(NCC1CCCO1)C1CN(c2ccc(Cl)c(Cl)c2)CCN1C(=O)c1cc(=O)[nH]c2ccc(Br)cc12. The molecule has 2 aliphatic rings. The van der Waals surface area contributed by atoms with E-state index in [-0.39, 0.29) is 42.1 Å². The van der Waals surface area contributed by atoms with Gasteiger partial charge in [0.05, 0.1) is 21.7 Å². The number of aromatic amines is 1. The zero-order valence-electron chi connectivity index (χ0n) is 19.8. The molecule has 1 aromatic heterocycles. The Kier molecular flexibility index (Phi) is 7.76. The number of nitrogens with one attached hydrogen (secondary N) is 2. The first-order chi connectivity index (χ1) is 17.8. The number of anilines is 1. The summed E-state index contributed by atoms with van der Waals surface area (Å²) in [7, 11) is 0. The average molecular weight is 608 g/mol. The van der Waals surface area contributed by atoms with Gasteiger partial charge in [0, 0.05) is 59.9 Å². The number of hydrogen-bond donors (Lipinski definition) is 2. The standard InChI is InChI=1S/C26H25BrCl2N4O4/c27-15-3-6-22-18(10-15)19(12-24(34)31-22)26(36)33-8-7-32(16-4-5-20(28)21(29)11-16)14-23(33)25(35)30-13-17-2-1-9-37-17/h3-6,10-12,17,23H,1-2,7-9,13-14H2,(H,30,35)(H,31,34). The van der Waals surface area contributed by atoms with E-state index in [1.165, 1.54) is 6.07 Å². The molecule has 2 fully saturated rings. The number of hydrogen-bond acceptors (Lipinski definition) is 5. The van der Waals surface area contributed by atoms with Crippen molar-refractivity contribution in [1.82, 2.24) is 15.2 Å². The van der Waals surface area contributed by atoms with Gasteiger partial charge in [-0.3, -0.25) is 14.4 Å². The van der Waals surface area contributed by atoms with Crippen molar-refractivity contribution in [3.8, 4) is 0 Å². The largest absolute Gasteiger partial charge is 0.376 e. The monoisotopic (exact) mass is 606 g/mol. The molecule has 2 atom stereocenters. The van der Waals surface area contributed by atoms with Crippen LogP contribution in [-0.4, -0.2) is 66.6 Å². The number of H-pyrrole nitrogens is 1. The first-order valence-corrected chi connectivity index (χ1v) is 13.6. The summed E-state index contributed by atoms with van der Waals surface area (Å²) in [5.41, 5.74) is 1.23. The summed E-state index contributed by atoms with van der Waals surface area (Å²) in [6, 6.07) is 11.1. The Labute approximate surface area is 232 Å². The van der Waals surface area contributed by atoms with E-state index in [1.54, 1.807) is 35.2 Å². The minimum absolute atomic E-state index is 0.0307. The fraction of sp³-hybridized carbons (Fsp3) is 0.346. The zero-order valence-corrected chi connectivity index (χ0v) is 22.9. The Bertz CT molecular complexity index is 1410. The highest BCUT2D eigenvalue weighted by atomic mass is 79.9. The van der Waals surface area contributed by atoms with Gasteiger partial charge in [-0.2, -0.15) is 0 Å². The maximum Gasteiger partial charge on any atom is 0.255 e. The Morgan fingerprint density at radius 2 is 1.95 bits per heavy atom. The molecular weight excluding hydrogens is 583 g/mol. The summed E-state index contributed by atoms with van der Waals surface area (Å²) in [5, 5.41) is 4.43. The van der Waals surface area contributed by atoms with Gasteiger partial charge >= 0.3 is 0 Å². The third kappa shape index (κ3) is 5.65. The minimum Gasteiger partial charge on any atom is -0.376 e. The molecule has 2 saturated heterocycles. The van der Waals surface area contributed by atoms with Crippen LogP contribution in [0.4, 0.5) is 5.69 Å². The molecule has 8 nitrogen and oxygen atoms in total. The van der Waals surface area contributed by atoms with E-state index < -0.39 is 6.04 Å². The third-order valence-electron chi connectivity index (χ3n) is 6.78. The average Bonchev–Trinajstić information content (AvgIpc) is 3.42. The molecule has 3 aromatic rings. The molecule has 0 spiro atoms. The Hall–Kier alpha value is -2.59. The van der Waals surface area contributed by atoms with Crippen LogP contribution in [0.2, 0.25) is 10.0 Å². The minimum atomic E-state index is -0.793. The zero-order chi connectivity index (χ0) is 26.1. The topological polar surface area (TPSA) is 94.7 Å². The van der Waals surface area contributed by atoms with E-state index in [9.17, 15) is 14.4 Å². The number of halogens is 3. The van der Waals surface area contributed by atoms with Gasteiger partial charge in [0.15, 0.2) is 0 Å². The van der Waals surface area contributed by atoms with Crippen molar-refractivity contribution in [2.75, 3.05) is 37.7 Å². The normalized spacial score (nSPS) is 19.9. The van der Waals surface area contributed by atoms with Gasteiger partial charge in [0.2, 0.25) is 11.5 Å². The quantitative estimate of drug-likeness (QED) is 0.453. The van der Waals surface area contributed by atoms with E-state index in [2.05, 4.69) is 26.2 Å². The number of carbonyl (C=O) groups excluding carboxylic acids is 2. The predicted octanol–water partition coefficient (Wildman–Crippen LogP) is 4.22. The molecule has 2 unspecified atom stereocenters. The Balaban J connectivity index is 1.46. The number of piperazine rings is 1. The lowest BCUT2D eigenvalue weighted by Crippen LogP contribution is -2.61. The number of pyridine rings is 1. The smallest absolute Gasteiger partial charge is 0.255 e. The maximum atomic E-state index is 13.9. The van der Waals surface area contributed by atoms with Crippen LogP contribution in [0.3, 0.4) is 0 Å². The lowest BCUT2D eigenvalue weighted by Gasteiger charge is -2.41. The van der Waals surface area contributed by atoms with E-state index in [1.807, 2.05) is 11.0 Å². The van der Waals surface area contributed by atoms with Gasteiger partial charge in [-0.05, 0) is 49.2 Å².